The standard InChI is InChI=1S/C15H21N3O/c1-10-6-11(2)16-14(7-10)17-15(19)18-8-12-4-3-5-13(12)9-18/h6-7,12-13H,3-5,8-9H2,1-2H3,(H,16,17,19). The summed E-state index contributed by atoms with van der Waals surface area (Å²) in [5.41, 5.74) is 2.06. The molecule has 2 unspecified atom stereocenters. The van der Waals surface area contributed by atoms with Crippen LogP contribution in [0.3, 0.4) is 0 Å². The van der Waals surface area contributed by atoms with Crippen LogP contribution in [0.1, 0.15) is 30.5 Å². The van der Waals surface area contributed by atoms with Crippen LogP contribution < -0.4 is 5.32 Å². The molecule has 1 N–H and O–H groups in total. The molecular formula is C15H21N3O. The molecule has 1 saturated heterocycles. The Labute approximate surface area is 114 Å². The van der Waals surface area contributed by atoms with E-state index in [0.29, 0.717) is 5.82 Å². The SMILES string of the molecule is Cc1cc(C)nc(NC(=O)N2CC3CCCC3C2)c1. The van der Waals surface area contributed by atoms with Crippen LogP contribution in [-0.2, 0) is 0 Å². The molecule has 2 amide bonds. The maximum Gasteiger partial charge on any atom is 0.323 e. The number of aryl methyl sites for hydroxylation is 2. The van der Waals surface area contributed by atoms with Gasteiger partial charge in [-0.3, -0.25) is 5.32 Å². The average molecular weight is 259 g/mol. The fraction of sp³-hybridized carbons (Fsp3) is 0.600. The smallest absolute Gasteiger partial charge is 0.323 e. The number of rotatable bonds is 1. The van der Waals surface area contributed by atoms with Gasteiger partial charge in [-0.1, -0.05) is 6.42 Å². The largest absolute Gasteiger partial charge is 0.324 e. The molecule has 1 aromatic heterocycles. The zero-order valence-corrected chi connectivity index (χ0v) is 11.6. The summed E-state index contributed by atoms with van der Waals surface area (Å²) < 4.78 is 0. The van der Waals surface area contributed by atoms with Crippen LogP contribution in [0.4, 0.5) is 10.6 Å². The minimum Gasteiger partial charge on any atom is -0.324 e. The molecule has 1 aromatic rings. The molecule has 4 nitrogen and oxygen atoms in total. The first-order valence-electron chi connectivity index (χ1n) is 7.13. The van der Waals surface area contributed by atoms with E-state index in [-0.39, 0.29) is 6.03 Å². The summed E-state index contributed by atoms with van der Waals surface area (Å²) in [6, 6.07) is 3.93. The Morgan fingerprint density at radius 1 is 1.26 bits per heavy atom. The maximum absolute atomic E-state index is 12.2. The molecule has 2 aliphatic rings. The van der Waals surface area contributed by atoms with Gasteiger partial charge in [0.1, 0.15) is 5.82 Å². The third-order valence-electron chi connectivity index (χ3n) is 4.35. The Balaban J connectivity index is 1.65. The number of carbonyl (C=O) groups excluding carboxylic acids is 1. The van der Waals surface area contributed by atoms with Gasteiger partial charge in [-0.15, -0.1) is 0 Å². The number of nitrogens with zero attached hydrogens (tertiary/aromatic N) is 2. The Kier molecular flexibility index (Phi) is 3.17. The first-order valence-corrected chi connectivity index (χ1v) is 7.13. The lowest BCUT2D eigenvalue weighted by molar-refractivity contribution is 0.218. The summed E-state index contributed by atoms with van der Waals surface area (Å²) in [5, 5.41) is 2.93. The van der Waals surface area contributed by atoms with Crippen LogP contribution in [-0.4, -0.2) is 29.0 Å². The monoisotopic (exact) mass is 259 g/mol. The summed E-state index contributed by atoms with van der Waals surface area (Å²) in [6.45, 7) is 5.80. The van der Waals surface area contributed by atoms with Crippen LogP contribution in [0.2, 0.25) is 0 Å². The molecule has 1 aliphatic carbocycles. The van der Waals surface area contributed by atoms with Crippen molar-refractivity contribution in [3.63, 3.8) is 0 Å². The van der Waals surface area contributed by atoms with Crippen molar-refractivity contribution in [3.8, 4) is 0 Å². The van der Waals surface area contributed by atoms with Crippen molar-refractivity contribution in [2.75, 3.05) is 18.4 Å². The van der Waals surface area contributed by atoms with Crippen LogP contribution in [0.15, 0.2) is 12.1 Å². The van der Waals surface area contributed by atoms with Crippen LogP contribution in [0.5, 0.6) is 0 Å². The van der Waals surface area contributed by atoms with Gasteiger partial charge in [0.2, 0.25) is 0 Å². The van der Waals surface area contributed by atoms with Gasteiger partial charge in [0.05, 0.1) is 0 Å². The Morgan fingerprint density at radius 3 is 2.58 bits per heavy atom. The van der Waals surface area contributed by atoms with Crippen molar-refractivity contribution in [2.24, 2.45) is 11.8 Å². The molecule has 2 heterocycles. The molecule has 0 spiro atoms. The van der Waals surface area contributed by atoms with Gasteiger partial charge in [-0.05, 0) is 56.2 Å². The Bertz CT molecular complexity index is 468. The van der Waals surface area contributed by atoms with E-state index in [0.717, 1.165) is 36.2 Å². The highest BCUT2D eigenvalue weighted by Gasteiger charge is 2.38. The van der Waals surface area contributed by atoms with E-state index in [4.69, 9.17) is 0 Å². The van der Waals surface area contributed by atoms with E-state index < -0.39 is 0 Å². The van der Waals surface area contributed by atoms with Crippen LogP contribution in [0, 0.1) is 25.7 Å². The quantitative estimate of drug-likeness (QED) is 0.842. The lowest BCUT2D eigenvalue weighted by Crippen LogP contribution is -2.34. The third kappa shape index (κ3) is 2.57. The van der Waals surface area contributed by atoms with E-state index in [1.807, 2.05) is 30.9 Å². The molecule has 0 bridgehead atoms. The fourth-order valence-corrected chi connectivity index (χ4v) is 3.49. The van der Waals surface area contributed by atoms with Gasteiger partial charge in [0, 0.05) is 18.8 Å². The average Bonchev–Trinajstić information content (AvgIpc) is 2.86. The molecule has 0 radical (unpaired) electrons. The second-order valence-corrected chi connectivity index (χ2v) is 5.96. The number of hydrogen-bond donors (Lipinski definition) is 1. The first-order chi connectivity index (χ1) is 9.11. The minimum atomic E-state index is 0.00639. The number of amides is 2. The summed E-state index contributed by atoms with van der Waals surface area (Å²) in [4.78, 5) is 18.6. The van der Waals surface area contributed by atoms with Crippen molar-refractivity contribution < 1.29 is 4.79 Å². The second kappa shape index (κ2) is 4.83. The third-order valence-corrected chi connectivity index (χ3v) is 4.35. The van der Waals surface area contributed by atoms with Gasteiger partial charge in [0.15, 0.2) is 0 Å². The highest BCUT2D eigenvalue weighted by atomic mass is 16.2. The molecule has 0 aromatic carbocycles. The zero-order valence-electron chi connectivity index (χ0n) is 11.6. The maximum atomic E-state index is 12.2. The number of carbonyl (C=O) groups is 1. The molecule has 1 aliphatic heterocycles. The number of pyridine rings is 1. The van der Waals surface area contributed by atoms with Crippen LogP contribution in [0.25, 0.3) is 0 Å². The highest BCUT2D eigenvalue weighted by Crippen LogP contribution is 2.37. The van der Waals surface area contributed by atoms with Crippen molar-refractivity contribution in [2.45, 2.75) is 33.1 Å². The fourth-order valence-electron chi connectivity index (χ4n) is 3.49. The summed E-state index contributed by atoms with van der Waals surface area (Å²) in [5.74, 6) is 2.13. The van der Waals surface area contributed by atoms with Gasteiger partial charge < -0.3 is 4.90 Å². The van der Waals surface area contributed by atoms with Crippen LogP contribution >= 0.6 is 0 Å². The number of nitrogens with one attached hydrogen (secondary N) is 1. The second-order valence-electron chi connectivity index (χ2n) is 5.96. The number of aromatic nitrogens is 1. The van der Waals surface area contributed by atoms with Crippen molar-refractivity contribution >= 4 is 11.8 Å². The molecule has 102 valence electrons. The van der Waals surface area contributed by atoms with Crippen molar-refractivity contribution in [1.82, 2.24) is 9.88 Å². The molecule has 1 saturated carbocycles. The molecule has 19 heavy (non-hydrogen) atoms. The molecule has 2 atom stereocenters. The van der Waals surface area contributed by atoms with Gasteiger partial charge in [-0.25, -0.2) is 9.78 Å². The summed E-state index contributed by atoms with van der Waals surface area (Å²) in [6.07, 6.45) is 3.91. The summed E-state index contributed by atoms with van der Waals surface area (Å²) >= 11 is 0. The predicted octanol–water partition coefficient (Wildman–Crippen LogP) is 2.96. The summed E-state index contributed by atoms with van der Waals surface area (Å²) in [7, 11) is 0. The molecule has 2 fully saturated rings. The van der Waals surface area contributed by atoms with Gasteiger partial charge in [-0.2, -0.15) is 0 Å². The topological polar surface area (TPSA) is 45.2 Å². The van der Waals surface area contributed by atoms with Gasteiger partial charge >= 0.3 is 6.03 Å². The number of anilines is 1. The lowest BCUT2D eigenvalue weighted by Gasteiger charge is -2.18. The highest BCUT2D eigenvalue weighted by molar-refractivity contribution is 5.88. The number of likely N-dealkylation sites (tertiary alicyclic amines) is 1. The number of urea groups is 1. The van der Waals surface area contributed by atoms with E-state index >= 15 is 0 Å². The van der Waals surface area contributed by atoms with E-state index in [1.54, 1.807) is 0 Å². The van der Waals surface area contributed by atoms with E-state index in [2.05, 4.69) is 10.3 Å². The Morgan fingerprint density at radius 2 is 1.95 bits per heavy atom. The van der Waals surface area contributed by atoms with Crippen molar-refractivity contribution in [3.05, 3.63) is 23.4 Å². The van der Waals surface area contributed by atoms with E-state index in [1.165, 1.54) is 19.3 Å². The lowest BCUT2D eigenvalue weighted by atomic mass is 10.0. The minimum absolute atomic E-state index is 0.00639. The van der Waals surface area contributed by atoms with Crippen molar-refractivity contribution in [1.29, 1.82) is 0 Å². The molecular weight excluding hydrogens is 238 g/mol. The molecule has 4 heteroatoms. The normalized spacial score (nSPS) is 25.5. The number of hydrogen-bond acceptors (Lipinski definition) is 2. The first kappa shape index (κ1) is 12.5. The predicted molar refractivity (Wildman–Crippen MR) is 75.1 cm³/mol. The zero-order chi connectivity index (χ0) is 13.4. The Hall–Kier alpha value is -1.58. The number of fused-ring (bicyclic) bond motifs is 1. The van der Waals surface area contributed by atoms with E-state index in [9.17, 15) is 4.79 Å². The van der Waals surface area contributed by atoms with Gasteiger partial charge in [0.25, 0.3) is 0 Å². The molecule has 3 rings (SSSR count).